The Labute approximate surface area is 152 Å². The Balaban J connectivity index is 1.82. The molecular formula is C20H20ClN3O. The summed E-state index contributed by atoms with van der Waals surface area (Å²) in [7, 11) is 0. The molecule has 0 atom stereocenters. The average Bonchev–Trinajstić information content (AvgIpc) is 2.85. The highest BCUT2D eigenvalue weighted by atomic mass is 35.5. The summed E-state index contributed by atoms with van der Waals surface area (Å²) < 4.78 is 1.78. The largest absolute Gasteiger partial charge is 0.322 e. The van der Waals surface area contributed by atoms with E-state index in [0.717, 1.165) is 28.3 Å². The molecule has 1 aromatic heterocycles. The molecule has 1 N–H and O–H groups in total. The number of anilines is 1. The van der Waals surface area contributed by atoms with Gasteiger partial charge in [-0.25, -0.2) is 4.68 Å². The molecule has 1 heterocycles. The van der Waals surface area contributed by atoms with E-state index in [0.29, 0.717) is 10.6 Å². The van der Waals surface area contributed by atoms with Gasteiger partial charge < -0.3 is 5.32 Å². The lowest BCUT2D eigenvalue weighted by Gasteiger charge is -2.10. The number of aryl methyl sites for hydroxylation is 3. The first-order chi connectivity index (χ1) is 11.9. The Morgan fingerprint density at radius 2 is 1.72 bits per heavy atom. The summed E-state index contributed by atoms with van der Waals surface area (Å²) in [6.07, 6.45) is 0. The summed E-state index contributed by atoms with van der Waals surface area (Å²) in [6.45, 7) is 7.81. The highest BCUT2D eigenvalue weighted by Crippen LogP contribution is 2.23. The van der Waals surface area contributed by atoms with E-state index in [1.807, 2.05) is 58.0 Å². The number of aromatic nitrogens is 2. The lowest BCUT2D eigenvalue weighted by atomic mass is 10.1. The van der Waals surface area contributed by atoms with Crippen LogP contribution in [-0.2, 0) is 0 Å². The van der Waals surface area contributed by atoms with Crippen molar-refractivity contribution in [3.63, 3.8) is 0 Å². The van der Waals surface area contributed by atoms with Gasteiger partial charge in [-0.05, 0) is 63.6 Å². The summed E-state index contributed by atoms with van der Waals surface area (Å²) in [6, 6.07) is 13.3. The number of carbonyl (C=O) groups excluding carboxylic acids is 1. The third kappa shape index (κ3) is 3.44. The van der Waals surface area contributed by atoms with Gasteiger partial charge in [-0.15, -0.1) is 0 Å². The third-order valence-corrected chi connectivity index (χ3v) is 4.75. The molecule has 0 radical (unpaired) electrons. The smallest absolute Gasteiger partial charge is 0.255 e. The quantitative estimate of drug-likeness (QED) is 0.719. The van der Waals surface area contributed by atoms with Crippen LogP contribution in [0.1, 0.15) is 32.9 Å². The fourth-order valence-electron chi connectivity index (χ4n) is 2.78. The number of rotatable bonds is 3. The van der Waals surface area contributed by atoms with Crippen molar-refractivity contribution >= 4 is 23.2 Å². The van der Waals surface area contributed by atoms with Crippen LogP contribution in [0.25, 0.3) is 5.69 Å². The molecule has 0 fully saturated rings. The number of halogens is 1. The van der Waals surface area contributed by atoms with E-state index in [9.17, 15) is 4.79 Å². The van der Waals surface area contributed by atoms with E-state index in [1.165, 1.54) is 5.56 Å². The first-order valence-electron chi connectivity index (χ1n) is 8.07. The number of carbonyl (C=O) groups is 1. The molecule has 0 saturated heterocycles. The summed E-state index contributed by atoms with van der Waals surface area (Å²) in [4.78, 5) is 12.5. The van der Waals surface area contributed by atoms with Gasteiger partial charge in [0, 0.05) is 11.3 Å². The van der Waals surface area contributed by atoms with E-state index >= 15 is 0 Å². The monoisotopic (exact) mass is 353 g/mol. The zero-order valence-electron chi connectivity index (χ0n) is 14.7. The maximum atomic E-state index is 12.5. The number of hydrogen-bond acceptors (Lipinski definition) is 2. The van der Waals surface area contributed by atoms with Gasteiger partial charge >= 0.3 is 0 Å². The average molecular weight is 354 g/mol. The molecule has 128 valence electrons. The van der Waals surface area contributed by atoms with Crippen molar-refractivity contribution < 1.29 is 4.79 Å². The van der Waals surface area contributed by atoms with Crippen molar-refractivity contribution in [1.82, 2.24) is 9.78 Å². The second-order valence-corrected chi connectivity index (χ2v) is 6.59. The van der Waals surface area contributed by atoms with Crippen molar-refractivity contribution in [2.45, 2.75) is 27.7 Å². The molecule has 0 aliphatic rings. The molecule has 0 spiro atoms. The number of nitrogens with one attached hydrogen (secondary N) is 1. The van der Waals surface area contributed by atoms with Gasteiger partial charge in [-0.2, -0.15) is 5.10 Å². The van der Waals surface area contributed by atoms with Gasteiger partial charge in [0.1, 0.15) is 0 Å². The van der Waals surface area contributed by atoms with Crippen LogP contribution in [0.3, 0.4) is 0 Å². The summed E-state index contributed by atoms with van der Waals surface area (Å²) in [5.41, 5.74) is 6.17. The second kappa shape index (κ2) is 6.73. The molecule has 25 heavy (non-hydrogen) atoms. The molecule has 0 bridgehead atoms. The van der Waals surface area contributed by atoms with Crippen LogP contribution in [0.15, 0.2) is 42.5 Å². The fraction of sp³-hybridized carbons (Fsp3) is 0.200. The fourth-order valence-corrected chi connectivity index (χ4v) is 2.90. The van der Waals surface area contributed by atoms with Gasteiger partial charge in [0.2, 0.25) is 0 Å². The molecule has 2 aromatic carbocycles. The number of hydrogen-bond donors (Lipinski definition) is 1. The molecule has 0 aliphatic carbocycles. The van der Waals surface area contributed by atoms with E-state index in [2.05, 4.69) is 10.4 Å². The number of nitrogens with zero attached hydrogens (tertiary/aromatic N) is 2. The van der Waals surface area contributed by atoms with E-state index in [4.69, 9.17) is 11.6 Å². The van der Waals surface area contributed by atoms with E-state index in [1.54, 1.807) is 16.8 Å². The van der Waals surface area contributed by atoms with E-state index in [-0.39, 0.29) is 5.91 Å². The Morgan fingerprint density at radius 3 is 2.28 bits per heavy atom. The molecule has 0 aliphatic heterocycles. The van der Waals surface area contributed by atoms with Crippen molar-refractivity contribution in [3.05, 3.63) is 75.6 Å². The highest BCUT2D eigenvalue weighted by Gasteiger charge is 2.12. The lowest BCUT2D eigenvalue weighted by Crippen LogP contribution is -2.13. The van der Waals surface area contributed by atoms with Crippen molar-refractivity contribution in [3.8, 4) is 5.69 Å². The minimum Gasteiger partial charge on any atom is -0.322 e. The van der Waals surface area contributed by atoms with Crippen LogP contribution in [0.2, 0.25) is 5.02 Å². The Morgan fingerprint density at radius 1 is 1.04 bits per heavy atom. The van der Waals surface area contributed by atoms with Gasteiger partial charge in [0.25, 0.3) is 5.91 Å². The van der Waals surface area contributed by atoms with Crippen molar-refractivity contribution in [2.24, 2.45) is 0 Å². The first kappa shape index (κ1) is 17.2. The Kier molecular flexibility index (Phi) is 4.64. The Hall–Kier alpha value is -2.59. The maximum absolute atomic E-state index is 12.5. The lowest BCUT2D eigenvalue weighted by molar-refractivity contribution is 0.102. The maximum Gasteiger partial charge on any atom is 0.255 e. The summed E-state index contributed by atoms with van der Waals surface area (Å²) >= 11 is 6.20. The summed E-state index contributed by atoms with van der Waals surface area (Å²) in [5.74, 6) is -0.134. The molecule has 0 saturated carbocycles. The van der Waals surface area contributed by atoms with Crippen LogP contribution in [0.5, 0.6) is 0 Å². The molecule has 5 heteroatoms. The predicted octanol–water partition coefficient (Wildman–Crippen LogP) is 5.01. The summed E-state index contributed by atoms with van der Waals surface area (Å²) in [5, 5.41) is 8.04. The zero-order chi connectivity index (χ0) is 18.1. The molecule has 3 rings (SSSR count). The minimum atomic E-state index is -0.134. The standard InChI is InChI=1S/C20H20ClN3O/c1-12-5-10-18(13(2)11-12)22-20(25)16-6-8-17(9-7-16)24-15(4)19(21)14(3)23-24/h5-11H,1-4H3,(H,22,25). The van der Waals surface area contributed by atoms with Gasteiger partial charge in [-0.3, -0.25) is 4.79 Å². The molecule has 1 amide bonds. The normalized spacial score (nSPS) is 10.8. The molecule has 4 nitrogen and oxygen atoms in total. The number of amides is 1. The Bertz CT molecular complexity index is 942. The van der Waals surface area contributed by atoms with Crippen molar-refractivity contribution in [1.29, 1.82) is 0 Å². The van der Waals surface area contributed by atoms with Crippen molar-refractivity contribution in [2.75, 3.05) is 5.32 Å². The zero-order valence-corrected chi connectivity index (χ0v) is 15.5. The molecular weight excluding hydrogens is 334 g/mol. The molecule has 3 aromatic rings. The number of benzene rings is 2. The van der Waals surface area contributed by atoms with Gasteiger partial charge in [0.05, 0.1) is 22.1 Å². The van der Waals surface area contributed by atoms with Gasteiger partial charge in [-0.1, -0.05) is 29.3 Å². The van der Waals surface area contributed by atoms with Crippen LogP contribution >= 0.6 is 11.6 Å². The second-order valence-electron chi connectivity index (χ2n) is 6.22. The van der Waals surface area contributed by atoms with Crippen LogP contribution < -0.4 is 5.32 Å². The third-order valence-electron chi connectivity index (χ3n) is 4.21. The first-order valence-corrected chi connectivity index (χ1v) is 8.45. The molecule has 0 unspecified atom stereocenters. The van der Waals surface area contributed by atoms with Gasteiger partial charge in [0.15, 0.2) is 0 Å². The highest BCUT2D eigenvalue weighted by molar-refractivity contribution is 6.31. The van der Waals surface area contributed by atoms with E-state index < -0.39 is 0 Å². The minimum absolute atomic E-state index is 0.134. The predicted molar refractivity (Wildman–Crippen MR) is 102 cm³/mol. The van der Waals surface area contributed by atoms with Crippen LogP contribution in [0.4, 0.5) is 5.69 Å². The van der Waals surface area contributed by atoms with Crippen LogP contribution in [-0.4, -0.2) is 15.7 Å². The topological polar surface area (TPSA) is 46.9 Å². The SMILES string of the molecule is Cc1ccc(NC(=O)c2ccc(-n3nc(C)c(Cl)c3C)cc2)c(C)c1. The van der Waals surface area contributed by atoms with Crippen LogP contribution in [0, 0.1) is 27.7 Å².